The van der Waals surface area contributed by atoms with Crippen molar-refractivity contribution in [1.29, 1.82) is 0 Å². The van der Waals surface area contributed by atoms with E-state index in [9.17, 15) is 27.2 Å². The Hall–Kier alpha value is -4.42. The highest BCUT2D eigenvalue weighted by atomic mass is 19.4. The zero-order valence-corrected chi connectivity index (χ0v) is 16.6. The smallest absolute Gasteiger partial charge is 0.365 e. The first-order chi connectivity index (χ1) is 15.6. The Kier molecular flexibility index (Phi) is 6.91. The van der Waals surface area contributed by atoms with Gasteiger partial charge in [-0.25, -0.2) is 14.2 Å². The van der Waals surface area contributed by atoms with Gasteiger partial charge in [-0.3, -0.25) is 10.1 Å². The minimum Gasteiger partial charge on any atom is -0.365 e. The number of alkyl halides is 3. The van der Waals surface area contributed by atoms with Crippen molar-refractivity contribution in [2.24, 2.45) is 5.73 Å². The second kappa shape index (κ2) is 9.80. The number of aromatic nitrogens is 2. The van der Waals surface area contributed by atoms with E-state index in [0.717, 1.165) is 0 Å². The molecule has 2 aromatic carbocycles. The van der Waals surface area contributed by atoms with Gasteiger partial charge in [0.2, 0.25) is 5.95 Å². The van der Waals surface area contributed by atoms with Crippen LogP contribution in [0.25, 0.3) is 0 Å². The van der Waals surface area contributed by atoms with Gasteiger partial charge in [0.05, 0.1) is 5.56 Å². The van der Waals surface area contributed by atoms with Crippen LogP contribution in [0.4, 0.5) is 45.5 Å². The second-order valence-corrected chi connectivity index (χ2v) is 6.47. The third kappa shape index (κ3) is 7.05. The molecule has 1 heterocycles. The fourth-order valence-corrected chi connectivity index (χ4v) is 2.64. The minimum atomic E-state index is -5.12. The van der Waals surface area contributed by atoms with Crippen molar-refractivity contribution >= 4 is 35.1 Å². The van der Waals surface area contributed by atoms with E-state index in [1.54, 1.807) is 6.07 Å². The zero-order valence-electron chi connectivity index (χ0n) is 16.6. The summed E-state index contributed by atoms with van der Waals surface area (Å²) in [6.45, 7) is 0.134. The number of anilines is 4. The fourth-order valence-electron chi connectivity index (χ4n) is 2.64. The van der Waals surface area contributed by atoms with E-state index in [2.05, 4.69) is 25.3 Å². The Morgan fingerprint density at radius 3 is 2.48 bits per heavy atom. The van der Waals surface area contributed by atoms with E-state index in [0.29, 0.717) is 11.3 Å². The summed E-state index contributed by atoms with van der Waals surface area (Å²) >= 11 is 0. The van der Waals surface area contributed by atoms with Crippen LogP contribution in [0.15, 0.2) is 54.7 Å². The average Bonchev–Trinajstić information content (AvgIpc) is 2.71. The molecule has 0 unspecified atom stereocenters. The molecule has 0 spiro atoms. The molecular formula is C20H16F4N6O3. The van der Waals surface area contributed by atoms with Gasteiger partial charge >= 0.3 is 12.5 Å². The predicted molar refractivity (Wildman–Crippen MR) is 110 cm³/mol. The molecule has 13 heteroatoms. The van der Waals surface area contributed by atoms with Crippen LogP contribution in [-0.2, 0) is 11.3 Å². The van der Waals surface area contributed by atoms with Gasteiger partial charge in [-0.2, -0.15) is 4.98 Å². The molecule has 0 radical (unpaired) electrons. The molecule has 172 valence electrons. The van der Waals surface area contributed by atoms with Crippen LogP contribution in [0.3, 0.4) is 0 Å². The van der Waals surface area contributed by atoms with E-state index in [4.69, 9.17) is 5.73 Å². The van der Waals surface area contributed by atoms with Gasteiger partial charge in [0.15, 0.2) is 0 Å². The molecule has 0 fully saturated rings. The third-order valence-corrected chi connectivity index (χ3v) is 3.98. The molecule has 5 N–H and O–H groups in total. The van der Waals surface area contributed by atoms with E-state index in [1.807, 2.05) is 5.32 Å². The van der Waals surface area contributed by atoms with Gasteiger partial charge in [-0.15, -0.1) is 13.2 Å². The molecule has 0 aliphatic rings. The van der Waals surface area contributed by atoms with E-state index >= 15 is 0 Å². The number of ether oxygens (including phenoxy) is 1. The summed E-state index contributed by atoms with van der Waals surface area (Å²) in [7, 11) is 0. The summed E-state index contributed by atoms with van der Waals surface area (Å²) < 4.78 is 53.0. The van der Waals surface area contributed by atoms with Crippen molar-refractivity contribution in [2.45, 2.75) is 12.9 Å². The average molecular weight is 464 g/mol. The molecular weight excluding hydrogens is 448 g/mol. The highest BCUT2D eigenvalue weighted by Gasteiger charge is 2.34. The van der Waals surface area contributed by atoms with Crippen LogP contribution in [0.2, 0.25) is 0 Å². The Balaban J connectivity index is 1.75. The van der Waals surface area contributed by atoms with Gasteiger partial charge in [-0.1, -0.05) is 18.2 Å². The number of rotatable bonds is 7. The first-order valence-corrected chi connectivity index (χ1v) is 9.18. The molecule has 9 nitrogen and oxygen atoms in total. The maximum Gasteiger partial charge on any atom is 0.576 e. The number of benzene rings is 2. The standard InChI is InChI=1S/C20H16F4N6O3/c21-12-4-1-3-11(7-12)9-26-17-15(16(25)31)10-27-18(30-17)28-13-5-2-6-14(8-13)29-19(32)33-20(22,23)24/h1-8,10H,9H2,(H2,25,31)(H,29,32)(H2,26,27,28,30). The summed E-state index contributed by atoms with van der Waals surface area (Å²) in [5, 5.41) is 7.61. The number of primary amides is 1. The van der Waals surface area contributed by atoms with E-state index < -0.39 is 24.2 Å². The highest BCUT2D eigenvalue weighted by molar-refractivity contribution is 5.97. The maximum absolute atomic E-state index is 13.4. The SMILES string of the molecule is NC(=O)c1cnc(Nc2cccc(NC(=O)OC(F)(F)F)c2)nc1NCc1cccc(F)c1. The first kappa shape index (κ1) is 23.2. The number of nitrogens with zero attached hydrogens (tertiary/aromatic N) is 2. The van der Waals surface area contributed by atoms with Crippen molar-refractivity contribution < 1.29 is 31.9 Å². The summed E-state index contributed by atoms with van der Waals surface area (Å²) in [6.07, 6.45) is -5.65. The van der Waals surface area contributed by atoms with Crippen LogP contribution >= 0.6 is 0 Å². The number of hydrogen-bond donors (Lipinski definition) is 4. The Labute approximate surface area is 184 Å². The zero-order chi connectivity index (χ0) is 24.0. The lowest BCUT2D eigenvalue weighted by Crippen LogP contribution is -2.23. The predicted octanol–water partition coefficient (Wildman–Crippen LogP) is 4.14. The van der Waals surface area contributed by atoms with Gasteiger partial charge in [-0.05, 0) is 35.9 Å². The van der Waals surface area contributed by atoms with Crippen LogP contribution in [0, 0.1) is 5.82 Å². The van der Waals surface area contributed by atoms with Crippen molar-refractivity contribution in [3.63, 3.8) is 0 Å². The Morgan fingerprint density at radius 2 is 1.79 bits per heavy atom. The van der Waals surface area contributed by atoms with Gasteiger partial charge in [0.1, 0.15) is 11.6 Å². The van der Waals surface area contributed by atoms with Crippen molar-refractivity contribution in [2.75, 3.05) is 16.0 Å². The molecule has 2 amide bonds. The van der Waals surface area contributed by atoms with Gasteiger partial charge in [0, 0.05) is 24.1 Å². The monoisotopic (exact) mass is 464 g/mol. The van der Waals surface area contributed by atoms with Crippen LogP contribution in [-0.4, -0.2) is 28.3 Å². The number of nitrogens with two attached hydrogens (primary N) is 1. The third-order valence-electron chi connectivity index (χ3n) is 3.98. The van der Waals surface area contributed by atoms with Crippen molar-refractivity contribution in [1.82, 2.24) is 9.97 Å². The molecule has 0 aliphatic carbocycles. The molecule has 33 heavy (non-hydrogen) atoms. The summed E-state index contributed by atoms with van der Waals surface area (Å²) in [4.78, 5) is 31.1. The normalized spacial score (nSPS) is 10.9. The first-order valence-electron chi connectivity index (χ1n) is 9.18. The quantitative estimate of drug-likeness (QED) is 0.387. The topological polar surface area (TPSA) is 131 Å². The van der Waals surface area contributed by atoms with Gasteiger partial charge < -0.3 is 21.1 Å². The molecule has 3 aromatic rings. The number of carbonyl (C=O) groups is 2. The van der Waals surface area contributed by atoms with Crippen molar-refractivity contribution in [3.05, 3.63) is 71.7 Å². The molecule has 3 rings (SSSR count). The molecule has 0 bridgehead atoms. The molecule has 0 aliphatic heterocycles. The number of halogens is 4. The largest absolute Gasteiger partial charge is 0.576 e. The lowest BCUT2D eigenvalue weighted by molar-refractivity contribution is -0.289. The maximum atomic E-state index is 13.4. The van der Waals surface area contributed by atoms with Gasteiger partial charge in [0.25, 0.3) is 5.91 Å². The molecule has 1 aromatic heterocycles. The van der Waals surface area contributed by atoms with E-state index in [1.165, 1.54) is 48.7 Å². The number of carbonyl (C=O) groups excluding carboxylic acids is 2. The molecule has 0 saturated carbocycles. The second-order valence-electron chi connectivity index (χ2n) is 6.47. The fraction of sp³-hybridized carbons (Fsp3) is 0.100. The molecule has 0 atom stereocenters. The van der Waals surface area contributed by atoms with E-state index in [-0.39, 0.29) is 29.6 Å². The lowest BCUT2D eigenvalue weighted by atomic mass is 10.2. The number of nitrogens with one attached hydrogen (secondary N) is 3. The Morgan fingerprint density at radius 1 is 1.06 bits per heavy atom. The van der Waals surface area contributed by atoms with Crippen LogP contribution in [0.1, 0.15) is 15.9 Å². The van der Waals surface area contributed by atoms with Crippen molar-refractivity contribution in [3.8, 4) is 0 Å². The Bertz CT molecular complexity index is 1170. The number of amides is 2. The summed E-state index contributed by atoms with van der Waals surface area (Å²) in [6, 6.07) is 11.4. The van der Waals surface area contributed by atoms with Crippen LogP contribution in [0.5, 0.6) is 0 Å². The highest BCUT2D eigenvalue weighted by Crippen LogP contribution is 2.22. The number of hydrogen-bond acceptors (Lipinski definition) is 7. The van der Waals surface area contributed by atoms with Crippen LogP contribution < -0.4 is 21.7 Å². The summed E-state index contributed by atoms with van der Waals surface area (Å²) in [5.41, 5.74) is 6.24. The molecule has 0 saturated heterocycles. The summed E-state index contributed by atoms with van der Waals surface area (Å²) in [5.74, 6) is -1.14. The minimum absolute atomic E-state index is 0.00691. The lowest BCUT2D eigenvalue weighted by Gasteiger charge is -2.13.